The fourth-order valence-electron chi connectivity index (χ4n) is 6.25. The molecule has 6 aromatic rings. The maximum atomic E-state index is 13.8. The number of para-hydroxylation sites is 1. The van der Waals surface area contributed by atoms with Crippen LogP contribution in [0.3, 0.4) is 0 Å². The minimum atomic E-state index is -0.234. The van der Waals surface area contributed by atoms with E-state index < -0.39 is 0 Å². The van der Waals surface area contributed by atoms with E-state index in [1.807, 2.05) is 84.9 Å². The van der Waals surface area contributed by atoms with Crippen molar-refractivity contribution in [3.05, 3.63) is 148 Å². The predicted molar refractivity (Wildman–Crippen MR) is 208 cm³/mol. The van der Waals surface area contributed by atoms with Gasteiger partial charge in [0, 0.05) is 55.6 Å². The molecule has 0 aliphatic carbocycles. The second kappa shape index (κ2) is 17.5. The third-order valence-corrected chi connectivity index (χ3v) is 9.16. The zero-order valence-electron chi connectivity index (χ0n) is 30.3. The van der Waals surface area contributed by atoms with Crippen molar-refractivity contribution in [3.63, 3.8) is 0 Å². The Bertz CT molecular complexity index is 2100. The fourth-order valence-corrected chi connectivity index (χ4v) is 6.25. The van der Waals surface area contributed by atoms with Crippen LogP contribution in [0.4, 0.5) is 5.69 Å². The molecule has 1 aromatic heterocycles. The maximum Gasteiger partial charge on any atom is 0.205 e. The molecule has 52 heavy (non-hydrogen) atoms. The molecule has 0 amide bonds. The van der Waals surface area contributed by atoms with Gasteiger partial charge in [-0.25, -0.2) is 0 Å². The second-order valence-corrected chi connectivity index (χ2v) is 12.6. The Kier molecular flexibility index (Phi) is 12.1. The molecule has 0 radical (unpaired) electrons. The smallest absolute Gasteiger partial charge is 0.205 e. The number of hydrogen-bond donors (Lipinski definition) is 0. The first-order valence-electron chi connectivity index (χ1n) is 17.7. The summed E-state index contributed by atoms with van der Waals surface area (Å²) < 4.78 is 30.4. The lowest BCUT2D eigenvalue weighted by Crippen LogP contribution is -2.28. The first kappa shape index (κ1) is 36.1. The molecule has 0 atom stereocenters. The Balaban J connectivity index is 1.21. The Morgan fingerprint density at radius 3 is 1.94 bits per heavy atom. The van der Waals surface area contributed by atoms with Gasteiger partial charge in [-0.15, -0.1) is 0 Å². The van der Waals surface area contributed by atoms with Gasteiger partial charge in [-0.05, 0) is 54.4 Å². The fraction of sp³-hybridized carbons (Fsp3) is 0.250. The predicted octanol–water partition coefficient (Wildman–Crippen LogP) is 8.98. The van der Waals surface area contributed by atoms with E-state index in [1.54, 1.807) is 20.3 Å². The molecule has 0 aliphatic heterocycles. The molecular formula is C44H46N2O6. The highest BCUT2D eigenvalue weighted by atomic mass is 16.5. The number of hydrogen-bond acceptors (Lipinski definition) is 8. The summed E-state index contributed by atoms with van der Waals surface area (Å²) >= 11 is 0. The molecule has 0 bridgehead atoms. The van der Waals surface area contributed by atoms with Gasteiger partial charge in [0.15, 0.2) is 16.8 Å². The average molecular weight is 699 g/mol. The van der Waals surface area contributed by atoms with Crippen molar-refractivity contribution in [3.8, 4) is 34.3 Å². The van der Waals surface area contributed by atoms with E-state index in [0.29, 0.717) is 35.0 Å². The normalized spacial score (nSPS) is 11.1. The molecule has 5 aromatic carbocycles. The maximum absolute atomic E-state index is 13.8. The highest BCUT2D eigenvalue weighted by molar-refractivity contribution is 5.92. The van der Waals surface area contributed by atoms with Gasteiger partial charge in [0.2, 0.25) is 5.75 Å². The van der Waals surface area contributed by atoms with E-state index in [4.69, 9.17) is 23.4 Å². The summed E-state index contributed by atoms with van der Waals surface area (Å²) in [6, 6.07) is 39.2. The number of fused-ring (bicyclic) bond motifs is 1. The van der Waals surface area contributed by atoms with Crippen molar-refractivity contribution in [2.24, 2.45) is 0 Å². The van der Waals surface area contributed by atoms with E-state index >= 15 is 0 Å². The van der Waals surface area contributed by atoms with E-state index in [0.717, 1.165) is 60.7 Å². The number of ether oxygens (including phenoxy) is 4. The van der Waals surface area contributed by atoms with Gasteiger partial charge in [-0.1, -0.05) is 85.8 Å². The molecule has 0 N–H and O–H groups in total. The number of methoxy groups -OCH3 is 2. The van der Waals surface area contributed by atoms with E-state index in [9.17, 15) is 4.79 Å². The molecule has 0 aliphatic rings. The number of nitrogens with zero attached hydrogens (tertiary/aromatic N) is 2. The monoisotopic (exact) mass is 698 g/mol. The van der Waals surface area contributed by atoms with Gasteiger partial charge in [-0.3, -0.25) is 9.69 Å². The van der Waals surface area contributed by atoms with Crippen LogP contribution in [0.15, 0.2) is 131 Å². The van der Waals surface area contributed by atoms with Gasteiger partial charge in [0.1, 0.15) is 35.9 Å². The zero-order chi connectivity index (χ0) is 36.3. The minimum Gasteiger partial charge on any atom is -0.496 e. The van der Waals surface area contributed by atoms with E-state index in [2.05, 4.69) is 48.0 Å². The molecule has 0 unspecified atom stereocenters. The molecule has 0 saturated carbocycles. The van der Waals surface area contributed by atoms with Crippen LogP contribution in [0.5, 0.6) is 23.0 Å². The Morgan fingerprint density at radius 2 is 1.31 bits per heavy atom. The summed E-state index contributed by atoms with van der Waals surface area (Å²) in [5, 5.41) is 0.298. The highest BCUT2D eigenvalue weighted by Crippen LogP contribution is 2.42. The lowest BCUT2D eigenvalue weighted by atomic mass is 10.1. The Labute approximate surface area is 305 Å². The summed E-state index contributed by atoms with van der Waals surface area (Å²) in [4.78, 5) is 18.5. The average Bonchev–Trinajstić information content (AvgIpc) is 3.19. The topological polar surface area (TPSA) is 73.6 Å². The van der Waals surface area contributed by atoms with Crippen molar-refractivity contribution in [1.82, 2.24) is 4.90 Å². The molecule has 268 valence electrons. The molecule has 0 spiro atoms. The van der Waals surface area contributed by atoms with Gasteiger partial charge in [0.25, 0.3) is 0 Å². The Morgan fingerprint density at radius 1 is 0.673 bits per heavy atom. The van der Waals surface area contributed by atoms with Gasteiger partial charge in [-0.2, -0.15) is 0 Å². The third kappa shape index (κ3) is 8.76. The molecule has 6 rings (SSSR count). The van der Waals surface area contributed by atoms with Gasteiger partial charge in [0.05, 0.1) is 14.2 Å². The van der Waals surface area contributed by atoms with Crippen LogP contribution in [0, 0.1) is 0 Å². The molecule has 0 fully saturated rings. The van der Waals surface area contributed by atoms with Crippen molar-refractivity contribution in [2.75, 3.05) is 45.8 Å². The van der Waals surface area contributed by atoms with Gasteiger partial charge < -0.3 is 28.3 Å². The lowest BCUT2D eigenvalue weighted by molar-refractivity contribution is 0.272. The van der Waals surface area contributed by atoms with Crippen LogP contribution in [-0.4, -0.2) is 45.8 Å². The first-order chi connectivity index (χ1) is 25.5. The zero-order valence-corrected chi connectivity index (χ0v) is 30.3. The van der Waals surface area contributed by atoms with Crippen molar-refractivity contribution >= 4 is 16.7 Å². The number of benzene rings is 5. The van der Waals surface area contributed by atoms with E-state index in [1.165, 1.54) is 11.6 Å². The van der Waals surface area contributed by atoms with Crippen LogP contribution >= 0.6 is 0 Å². The summed E-state index contributed by atoms with van der Waals surface area (Å²) in [5.74, 6) is 2.47. The molecule has 0 saturated heterocycles. The summed E-state index contributed by atoms with van der Waals surface area (Å²) in [5.41, 5.74) is 5.04. The van der Waals surface area contributed by atoms with Crippen LogP contribution in [0.2, 0.25) is 0 Å². The van der Waals surface area contributed by atoms with Crippen molar-refractivity contribution in [2.45, 2.75) is 33.1 Å². The number of rotatable bonds is 17. The Hall–Kier alpha value is -5.73. The van der Waals surface area contributed by atoms with Crippen LogP contribution < -0.4 is 29.3 Å². The lowest BCUT2D eigenvalue weighted by Gasteiger charge is -2.24. The van der Waals surface area contributed by atoms with E-state index in [-0.39, 0.29) is 17.6 Å². The SMILES string of the molecule is CCN(CCCN(C)c1ccc(-c2cc(=O)c3c(OCc4ccccc4)cc(OCc4ccccc4)c(OC)c3o2)cc1)Cc1ccccc1OC. The molecule has 8 heteroatoms. The molecule has 1 heterocycles. The standard InChI is InChI=1S/C44H46N2O6/c1-5-46(29-35-19-12-13-20-38(35)48-3)26-14-25-45(2)36-23-21-34(22-24-36)39-27-37(47)42-40(50-30-32-15-8-6-9-16-32)28-41(43(49-4)44(42)52-39)51-31-33-17-10-7-11-18-33/h6-13,15-24,27-28H,5,14,25-26,29-31H2,1-4H3. The van der Waals surface area contributed by atoms with Crippen LogP contribution in [0.25, 0.3) is 22.3 Å². The summed E-state index contributed by atoms with van der Waals surface area (Å²) in [7, 11) is 5.36. The van der Waals surface area contributed by atoms with Gasteiger partial charge >= 0.3 is 0 Å². The summed E-state index contributed by atoms with van der Waals surface area (Å²) in [6.45, 7) is 6.43. The third-order valence-electron chi connectivity index (χ3n) is 9.16. The minimum absolute atomic E-state index is 0.234. The van der Waals surface area contributed by atoms with Crippen molar-refractivity contribution < 1.29 is 23.4 Å². The van der Waals surface area contributed by atoms with Crippen LogP contribution in [0.1, 0.15) is 30.0 Å². The quantitative estimate of drug-likeness (QED) is 0.0935. The highest BCUT2D eigenvalue weighted by Gasteiger charge is 2.22. The largest absolute Gasteiger partial charge is 0.496 e. The first-order valence-corrected chi connectivity index (χ1v) is 17.7. The summed E-state index contributed by atoms with van der Waals surface area (Å²) in [6.07, 6.45) is 1.00. The molecular weight excluding hydrogens is 652 g/mol. The second-order valence-electron chi connectivity index (χ2n) is 12.6. The van der Waals surface area contributed by atoms with Crippen LogP contribution in [-0.2, 0) is 19.8 Å². The molecule has 8 nitrogen and oxygen atoms in total. The number of anilines is 1. The van der Waals surface area contributed by atoms with Crippen molar-refractivity contribution in [1.29, 1.82) is 0 Å².